The Morgan fingerprint density at radius 3 is 2.87 bits per heavy atom. The van der Waals surface area contributed by atoms with Crippen LogP contribution < -0.4 is 14.4 Å². The van der Waals surface area contributed by atoms with Crippen LogP contribution in [0.4, 0.5) is 10.1 Å². The lowest BCUT2D eigenvalue weighted by atomic mass is 10.2. The highest BCUT2D eigenvalue weighted by Gasteiger charge is 2.27. The van der Waals surface area contributed by atoms with Crippen LogP contribution in [0.2, 0.25) is 0 Å². The number of carbonyl (C=O) groups excluding carboxylic acids is 2. The first-order chi connectivity index (χ1) is 11.0. The number of fused-ring (bicyclic) bond motifs is 1. The summed E-state index contributed by atoms with van der Waals surface area (Å²) >= 11 is 3.12. The van der Waals surface area contributed by atoms with Crippen molar-refractivity contribution in [3.63, 3.8) is 0 Å². The molecule has 2 aromatic rings. The zero-order valence-corrected chi connectivity index (χ0v) is 13.4. The molecule has 0 saturated carbocycles. The first-order valence-corrected chi connectivity index (χ1v) is 7.52. The zero-order valence-electron chi connectivity index (χ0n) is 11.8. The van der Waals surface area contributed by atoms with Crippen LogP contribution in [0.25, 0.3) is 0 Å². The Kier molecular flexibility index (Phi) is 4.29. The highest BCUT2D eigenvalue weighted by atomic mass is 79.9. The topological polar surface area (TPSA) is 55.8 Å². The van der Waals surface area contributed by atoms with E-state index in [1.54, 1.807) is 30.3 Å². The minimum absolute atomic E-state index is 0.156. The molecular weight excluding hydrogens is 369 g/mol. The number of esters is 1. The average molecular weight is 380 g/mol. The van der Waals surface area contributed by atoms with Gasteiger partial charge < -0.3 is 9.47 Å². The number of carbonyl (C=O) groups is 2. The van der Waals surface area contributed by atoms with Gasteiger partial charge in [0.25, 0.3) is 5.91 Å². The van der Waals surface area contributed by atoms with Crippen molar-refractivity contribution in [3.8, 4) is 11.5 Å². The third-order valence-electron chi connectivity index (χ3n) is 3.21. The van der Waals surface area contributed by atoms with Gasteiger partial charge in [0.05, 0.1) is 5.69 Å². The minimum Gasteiger partial charge on any atom is -0.482 e. The van der Waals surface area contributed by atoms with Crippen molar-refractivity contribution in [2.75, 3.05) is 18.1 Å². The summed E-state index contributed by atoms with van der Waals surface area (Å²) in [5, 5.41) is 0. The summed E-state index contributed by atoms with van der Waals surface area (Å²) < 4.78 is 24.5. The molecule has 3 rings (SSSR count). The molecule has 0 atom stereocenters. The smallest absolute Gasteiger partial charge is 0.331 e. The molecule has 23 heavy (non-hydrogen) atoms. The summed E-state index contributed by atoms with van der Waals surface area (Å²) in [6, 6.07) is 11.0. The predicted molar refractivity (Wildman–Crippen MR) is 84.0 cm³/mol. The van der Waals surface area contributed by atoms with Gasteiger partial charge in [0, 0.05) is 4.47 Å². The van der Waals surface area contributed by atoms with Crippen LogP contribution in [-0.2, 0) is 9.59 Å². The van der Waals surface area contributed by atoms with E-state index in [0.29, 0.717) is 15.9 Å². The normalized spacial score (nSPS) is 13.3. The third-order valence-corrected chi connectivity index (χ3v) is 3.71. The average Bonchev–Trinajstić information content (AvgIpc) is 2.53. The SMILES string of the molecule is O=C(CN1C(=O)COc2ccccc21)Oc1ccc(Br)cc1F. The molecule has 0 radical (unpaired) electrons. The van der Waals surface area contributed by atoms with Crippen LogP contribution in [0.5, 0.6) is 11.5 Å². The maximum Gasteiger partial charge on any atom is 0.331 e. The molecule has 0 aromatic heterocycles. The van der Waals surface area contributed by atoms with E-state index in [1.807, 2.05) is 0 Å². The number of benzene rings is 2. The van der Waals surface area contributed by atoms with Crippen LogP contribution in [0.3, 0.4) is 0 Å². The number of para-hydroxylation sites is 2. The van der Waals surface area contributed by atoms with E-state index in [-0.39, 0.29) is 24.8 Å². The van der Waals surface area contributed by atoms with Crippen molar-refractivity contribution >= 4 is 33.5 Å². The molecule has 0 N–H and O–H groups in total. The maximum absolute atomic E-state index is 13.7. The molecule has 7 heteroatoms. The molecule has 1 heterocycles. The lowest BCUT2D eigenvalue weighted by molar-refractivity contribution is -0.134. The van der Waals surface area contributed by atoms with E-state index in [0.717, 1.165) is 0 Å². The van der Waals surface area contributed by atoms with Gasteiger partial charge in [-0.25, -0.2) is 9.18 Å². The van der Waals surface area contributed by atoms with Crippen molar-refractivity contribution in [2.24, 2.45) is 0 Å². The molecule has 1 aliphatic rings. The van der Waals surface area contributed by atoms with Gasteiger partial charge in [-0.05, 0) is 30.3 Å². The number of amides is 1. The number of nitrogens with zero attached hydrogens (tertiary/aromatic N) is 1. The number of anilines is 1. The first kappa shape index (κ1) is 15.5. The van der Waals surface area contributed by atoms with Gasteiger partial charge >= 0.3 is 5.97 Å². The summed E-state index contributed by atoms with van der Waals surface area (Å²) in [5.41, 5.74) is 0.483. The van der Waals surface area contributed by atoms with Crippen molar-refractivity contribution in [2.45, 2.75) is 0 Å². The standard InChI is InChI=1S/C16H11BrFNO4/c17-10-5-6-13(11(18)7-10)23-16(21)8-19-12-3-1-2-4-14(12)22-9-15(19)20/h1-7H,8-9H2. The maximum atomic E-state index is 13.7. The summed E-state index contributed by atoms with van der Waals surface area (Å²) in [6.07, 6.45) is 0. The van der Waals surface area contributed by atoms with Crippen LogP contribution in [-0.4, -0.2) is 25.0 Å². The van der Waals surface area contributed by atoms with E-state index in [1.165, 1.54) is 17.0 Å². The number of hydrogen-bond donors (Lipinski definition) is 0. The van der Waals surface area contributed by atoms with Gasteiger partial charge in [-0.15, -0.1) is 0 Å². The summed E-state index contributed by atoms with van der Waals surface area (Å²) in [6.45, 7) is -0.481. The van der Waals surface area contributed by atoms with E-state index >= 15 is 0 Å². The molecule has 2 aromatic carbocycles. The summed E-state index contributed by atoms with van der Waals surface area (Å²) in [5.74, 6) is -1.45. The third kappa shape index (κ3) is 3.34. The number of halogens is 2. The second-order valence-corrected chi connectivity index (χ2v) is 5.70. The fraction of sp³-hybridized carbons (Fsp3) is 0.125. The second kappa shape index (κ2) is 6.37. The fourth-order valence-corrected chi connectivity index (χ4v) is 2.50. The molecule has 5 nitrogen and oxygen atoms in total. The highest BCUT2D eigenvalue weighted by Crippen LogP contribution is 2.31. The van der Waals surface area contributed by atoms with E-state index in [2.05, 4.69) is 15.9 Å². The van der Waals surface area contributed by atoms with Gasteiger partial charge in [-0.3, -0.25) is 9.69 Å². The Balaban J connectivity index is 1.76. The van der Waals surface area contributed by atoms with E-state index < -0.39 is 11.8 Å². The molecule has 1 amide bonds. The Morgan fingerprint density at radius 1 is 1.30 bits per heavy atom. The summed E-state index contributed by atoms with van der Waals surface area (Å²) in [4.78, 5) is 25.3. The Hall–Kier alpha value is -2.41. The zero-order chi connectivity index (χ0) is 16.4. The van der Waals surface area contributed by atoms with Crippen molar-refractivity contribution in [3.05, 3.63) is 52.8 Å². The van der Waals surface area contributed by atoms with Crippen LogP contribution >= 0.6 is 15.9 Å². The molecule has 0 saturated heterocycles. The van der Waals surface area contributed by atoms with Gasteiger partial charge in [0.15, 0.2) is 18.2 Å². The molecular formula is C16H11BrFNO4. The predicted octanol–water partition coefficient (Wildman–Crippen LogP) is 2.92. The highest BCUT2D eigenvalue weighted by molar-refractivity contribution is 9.10. The van der Waals surface area contributed by atoms with Crippen molar-refractivity contribution < 1.29 is 23.5 Å². The molecule has 0 bridgehead atoms. The molecule has 118 valence electrons. The molecule has 0 spiro atoms. The summed E-state index contributed by atoms with van der Waals surface area (Å²) in [7, 11) is 0. The number of ether oxygens (including phenoxy) is 2. The van der Waals surface area contributed by atoms with Crippen molar-refractivity contribution in [1.29, 1.82) is 0 Å². The monoisotopic (exact) mass is 379 g/mol. The quantitative estimate of drug-likeness (QED) is 0.607. The van der Waals surface area contributed by atoms with Gasteiger partial charge in [-0.2, -0.15) is 0 Å². The fourth-order valence-electron chi connectivity index (χ4n) is 2.17. The van der Waals surface area contributed by atoms with Crippen LogP contribution in [0.15, 0.2) is 46.9 Å². The number of rotatable bonds is 3. The Morgan fingerprint density at radius 2 is 2.09 bits per heavy atom. The second-order valence-electron chi connectivity index (χ2n) is 4.79. The largest absolute Gasteiger partial charge is 0.482 e. The lowest BCUT2D eigenvalue weighted by Gasteiger charge is -2.28. The van der Waals surface area contributed by atoms with Crippen LogP contribution in [0, 0.1) is 5.82 Å². The molecule has 0 aliphatic carbocycles. The lowest BCUT2D eigenvalue weighted by Crippen LogP contribution is -2.43. The van der Waals surface area contributed by atoms with Gasteiger partial charge in [0.1, 0.15) is 12.3 Å². The van der Waals surface area contributed by atoms with E-state index in [4.69, 9.17) is 9.47 Å². The van der Waals surface area contributed by atoms with E-state index in [9.17, 15) is 14.0 Å². The molecule has 1 aliphatic heterocycles. The van der Waals surface area contributed by atoms with Crippen molar-refractivity contribution in [1.82, 2.24) is 0 Å². The molecule has 0 unspecified atom stereocenters. The van der Waals surface area contributed by atoms with Gasteiger partial charge in [0.2, 0.25) is 0 Å². The van der Waals surface area contributed by atoms with Gasteiger partial charge in [-0.1, -0.05) is 28.1 Å². The van der Waals surface area contributed by atoms with Crippen LogP contribution in [0.1, 0.15) is 0 Å². The Bertz CT molecular complexity index is 780. The minimum atomic E-state index is -0.740. The first-order valence-electron chi connectivity index (χ1n) is 6.72. The molecule has 0 fully saturated rings. The Labute approximate surface area is 139 Å². The number of hydrogen-bond acceptors (Lipinski definition) is 4.